The molecule has 31 heavy (non-hydrogen) atoms. The first-order valence-electron chi connectivity index (χ1n) is 9.87. The average molecular weight is 433 g/mol. The number of pyridine rings is 1. The average Bonchev–Trinajstić information content (AvgIpc) is 2.75. The zero-order chi connectivity index (χ0) is 22.2. The smallest absolute Gasteiger partial charge is 0.420 e. The van der Waals surface area contributed by atoms with Crippen LogP contribution >= 0.6 is 0 Å². The van der Waals surface area contributed by atoms with Gasteiger partial charge in [0.1, 0.15) is 17.1 Å². The predicted molar refractivity (Wildman–Crippen MR) is 110 cm³/mol. The molecule has 3 heterocycles. The number of nitrogens with one attached hydrogen (secondary N) is 1. The minimum atomic E-state index is -4.69. The number of fused-ring (bicyclic) bond motifs is 1. The zero-order valence-corrected chi connectivity index (χ0v) is 17.1. The van der Waals surface area contributed by atoms with Gasteiger partial charge in [-0.2, -0.15) is 18.3 Å². The monoisotopic (exact) mass is 433 g/mol. The van der Waals surface area contributed by atoms with E-state index >= 15 is 0 Å². The number of nitrogens with zero attached hydrogens (tertiary/aromatic N) is 4. The van der Waals surface area contributed by atoms with E-state index in [0.29, 0.717) is 43.2 Å². The first-order valence-corrected chi connectivity index (χ1v) is 9.87. The van der Waals surface area contributed by atoms with Crippen LogP contribution in [-0.2, 0) is 10.9 Å². The lowest BCUT2D eigenvalue weighted by Gasteiger charge is -2.28. The molecule has 10 heteroatoms. The Hall–Kier alpha value is -3.14. The van der Waals surface area contributed by atoms with E-state index < -0.39 is 23.5 Å². The second-order valence-corrected chi connectivity index (χ2v) is 7.43. The van der Waals surface area contributed by atoms with Crippen LogP contribution in [0.4, 0.5) is 24.8 Å². The van der Waals surface area contributed by atoms with Crippen LogP contribution in [0.25, 0.3) is 10.8 Å². The minimum Gasteiger partial charge on any atom is -0.507 e. The van der Waals surface area contributed by atoms with Gasteiger partial charge in [0.25, 0.3) is 0 Å². The summed E-state index contributed by atoms with van der Waals surface area (Å²) in [6.45, 7) is 6.00. The summed E-state index contributed by atoms with van der Waals surface area (Å²) in [5.41, 5.74) is -0.469. The quantitative estimate of drug-likeness (QED) is 0.642. The molecule has 1 fully saturated rings. The molecule has 0 radical (unpaired) electrons. The molecule has 1 saturated heterocycles. The highest BCUT2D eigenvalue weighted by Gasteiger charge is 2.37. The lowest BCUT2D eigenvalue weighted by Crippen LogP contribution is -2.36. The van der Waals surface area contributed by atoms with Gasteiger partial charge in [0, 0.05) is 30.1 Å². The van der Waals surface area contributed by atoms with E-state index in [9.17, 15) is 18.3 Å². The van der Waals surface area contributed by atoms with Crippen molar-refractivity contribution in [2.24, 2.45) is 0 Å². The summed E-state index contributed by atoms with van der Waals surface area (Å²) in [6.07, 6.45) is -2.99. The van der Waals surface area contributed by atoms with Gasteiger partial charge in [-0.1, -0.05) is 12.1 Å². The Labute approximate surface area is 176 Å². The SMILES string of the molecule is Cc1nnc(N[C@H](C)c2cccc(O)c2C(F)(F)F)c2cc(N3CCOCC3)ncc12. The van der Waals surface area contributed by atoms with Crippen molar-refractivity contribution in [1.82, 2.24) is 15.2 Å². The number of phenolic OH excluding ortho intramolecular Hbond substituents is 1. The molecule has 4 rings (SSSR count). The minimum absolute atomic E-state index is 0.0783. The highest BCUT2D eigenvalue weighted by Crippen LogP contribution is 2.41. The van der Waals surface area contributed by atoms with Crippen molar-refractivity contribution in [2.45, 2.75) is 26.1 Å². The highest BCUT2D eigenvalue weighted by atomic mass is 19.4. The van der Waals surface area contributed by atoms with Crippen LogP contribution in [0.15, 0.2) is 30.5 Å². The van der Waals surface area contributed by atoms with Crippen LogP contribution in [-0.4, -0.2) is 46.6 Å². The van der Waals surface area contributed by atoms with Crippen molar-refractivity contribution in [3.63, 3.8) is 0 Å². The summed E-state index contributed by atoms with van der Waals surface area (Å²) in [6, 6.07) is 4.83. The molecular weight excluding hydrogens is 411 g/mol. The number of rotatable bonds is 4. The predicted octanol–water partition coefficient (Wildman–Crippen LogP) is 4.07. The third-order valence-electron chi connectivity index (χ3n) is 5.35. The molecule has 0 amide bonds. The number of phenols is 1. The van der Waals surface area contributed by atoms with Gasteiger partial charge in [0.2, 0.25) is 0 Å². The van der Waals surface area contributed by atoms with Gasteiger partial charge in [0.15, 0.2) is 5.82 Å². The Bertz CT molecular complexity index is 1100. The first-order chi connectivity index (χ1) is 14.8. The van der Waals surface area contributed by atoms with Crippen molar-refractivity contribution >= 4 is 22.4 Å². The van der Waals surface area contributed by atoms with Gasteiger partial charge in [-0.15, -0.1) is 5.10 Å². The fraction of sp³-hybridized carbons (Fsp3) is 0.381. The van der Waals surface area contributed by atoms with Crippen molar-refractivity contribution < 1.29 is 23.0 Å². The Morgan fingerprint density at radius 3 is 2.61 bits per heavy atom. The molecule has 0 saturated carbocycles. The second kappa shape index (κ2) is 8.18. The molecule has 164 valence electrons. The van der Waals surface area contributed by atoms with Crippen LogP contribution in [0, 0.1) is 6.92 Å². The number of benzene rings is 1. The normalized spacial score (nSPS) is 15.8. The van der Waals surface area contributed by atoms with Gasteiger partial charge in [-0.25, -0.2) is 4.98 Å². The van der Waals surface area contributed by atoms with Gasteiger partial charge >= 0.3 is 6.18 Å². The molecule has 3 aromatic rings. The van der Waals surface area contributed by atoms with Crippen molar-refractivity contribution in [2.75, 3.05) is 36.5 Å². The number of aromatic nitrogens is 3. The topological polar surface area (TPSA) is 83.4 Å². The molecule has 2 aromatic heterocycles. The summed E-state index contributed by atoms with van der Waals surface area (Å²) in [7, 11) is 0. The van der Waals surface area contributed by atoms with Crippen molar-refractivity contribution in [1.29, 1.82) is 0 Å². The summed E-state index contributed by atoms with van der Waals surface area (Å²) in [4.78, 5) is 6.61. The van der Waals surface area contributed by atoms with Crippen LogP contribution in [0.2, 0.25) is 0 Å². The highest BCUT2D eigenvalue weighted by molar-refractivity contribution is 5.94. The van der Waals surface area contributed by atoms with E-state index in [-0.39, 0.29) is 5.56 Å². The second-order valence-electron chi connectivity index (χ2n) is 7.43. The Kier molecular flexibility index (Phi) is 5.57. The Morgan fingerprint density at radius 1 is 1.16 bits per heavy atom. The van der Waals surface area contributed by atoms with Crippen molar-refractivity contribution in [3.05, 3.63) is 47.3 Å². The molecule has 0 spiro atoms. The summed E-state index contributed by atoms with van der Waals surface area (Å²) < 4.78 is 46.0. The number of aromatic hydroxyl groups is 1. The van der Waals surface area contributed by atoms with Crippen molar-refractivity contribution in [3.8, 4) is 5.75 Å². The maximum atomic E-state index is 13.5. The molecule has 1 aromatic carbocycles. The number of morpholine rings is 1. The third-order valence-corrected chi connectivity index (χ3v) is 5.35. The zero-order valence-electron chi connectivity index (χ0n) is 17.1. The molecule has 1 aliphatic heterocycles. The maximum absolute atomic E-state index is 13.5. The summed E-state index contributed by atoms with van der Waals surface area (Å²) >= 11 is 0. The third kappa shape index (κ3) is 4.20. The molecule has 0 aliphatic carbocycles. The van der Waals surface area contributed by atoms with Crippen LogP contribution < -0.4 is 10.2 Å². The van der Waals surface area contributed by atoms with E-state index in [0.717, 1.165) is 17.3 Å². The van der Waals surface area contributed by atoms with Gasteiger partial charge in [-0.05, 0) is 31.5 Å². The van der Waals surface area contributed by atoms with E-state index in [1.54, 1.807) is 20.0 Å². The fourth-order valence-corrected chi connectivity index (χ4v) is 3.74. The molecule has 1 atom stereocenters. The Balaban J connectivity index is 1.73. The summed E-state index contributed by atoms with van der Waals surface area (Å²) in [5.74, 6) is 0.283. The van der Waals surface area contributed by atoms with Gasteiger partial charge < -0.3 is 20.1 Å². The number of alkyl halides is 3. The lowest BCUT2D eigenvalue weighted by atomic mass is 9.99. The molecule has 2 N–H and O–H groups in total. The number of aryl methyl sites for hydroxylation is 1. The van der Waals surface area contributed by atoms with Crippen LogP contribution in [0.3, 0.4) is 0 Å². The van der Waals surface area contributed by atoms with E-state index in [4.69, 9.17) is 4.74 Å². The van der Waals surface area contributed by atoms with E-state index in [2.05, 4.69) is 25.4 Å². The van der Waals surface area contributed by atoms with Gasteiger partial charge in [0.05, 0.1) is 24.9 Å². The molecule has 7 nitrogen and oxygen atoms in total. The van der Waals surface area contributed by atoms with E-state index in [1.807, 2.05) is 6.07 Å². The molecule has 0 bridgehead atoms. The molecular formula is C21H22F3N5O2. The Morgan fingerprint density at radius 2 is 1.90 bits per heavy atom. The number of hydrogen-bond acceptors (Lipinski definition) is 7. The van der Waals surface area contributed by atoms with Gasteiger partial charge in [-0.3, -0.25) is 0 Å². The van der Waals surface area contributed by atoms with E-state index in [1.165, 1.54) is 12.1 Å². The standard InChI is InChI=1S/C21H22F3N5O2/c1-12(14-4-3-5-17(30)19(14)21(22,23)24)26-20-15-10-18(29-6-8-31-9-7-29)25-11-16(15)13(2)27-28-20/h3-5,10-12,30H,6-9H2,1-2H3,(H,26,28)/t12-/m1/s1. The number of anilines is 2. The maximum Gasteiger partial charge on any atom is 0.420 e. The number of halogens is 3. The lowest BCUT2D eigenvalue weighted by molar-refractivity contribution is -0.139. The largest absolute Gasteiger partial charge is 0.507 e. The fourth-order valence-electron chi connectivity index (χ4n) is 3.74. The number of hydrogen-bond donors (Lipinski definition) is 2. The first kappa shape index (κ1) is 21.1. The molecule has 0 unspecified atom stereocenters. The summed E-state index contributed by atoms with van der Waals surface area (Å²) in [5, 5.41) is 22.7. The molecule has 1 aliphatic rings. The van der Waals surface area contributed by atoms with Crippen LogP contribution in [0.5, 0.6) is 5.75 Å². The number of ether oxygens (including phenoxy) is 1. The van der Waals surface area contributed by atoms with Crippen LogP contribution in [0.1, 0.15) is 29.8 Å².